The molecule has 0 N–H and O–H groups in total. The van der Waals surface area contributed by atoms with Gasteiger partial charge in [0.1, 0.15) is 0 Å². The van der Waals surface area contributed by atoms with Gasteiger partial charge in [0.05, 0.1) is 0 Å². The molecule has 0 aromatic carbocycles. The predicted octanol–water partition coefficient (Wildman–Crippen LogP) is 2.49. The minimum absolute atomic E-state index is 0.199. The molecule has 1 rings (SSSR count). The molecule has 0 amide bonds. The van der Waals surface area contributed by atoms with E-state index in [1.807, 2.05) is 6.08 Å². The SMILES string of the molecule is CC(C)C=C1CCC=CC1=O. The van der Waals surface area contributed by atoms with E-state index in [0.29, 0.717) is 5.92 Å². The molecule has 0 spiro atoms. The minimum atomic E-state index is 0.199. The lowest BCUT2D eigenvalue weighted by molar-refractivity contribution is -0.111. The molecule has 0 atom stereocenters. The molecule has 0 aliphatic heterocycles. The van der Waals surface area contributed by atoms with Crippen molar-refractivity contribution in [1.29, 1.82) is 0 Å². The van der Waals surface area contributed by atoms with E-state index in [0.717, 1.165) is 18.4 Å². The van der Waals surface area contributed by atoms with E-state index in [1.165, 1.54) is 0 Å². The second-order valence-electron chi connectivity index (χ2n) is 3.24. The highest BCUT2D eigenvalue weighted by atomic mass is 16.1. The zero-order valence-electron chi connectivity index (χ0n) is 7.13. The normalized spacial score (nSPS) is 21.7. The van der Waals surface area contributed by atoms with Gasteiger partial charge in [-0.15, -0.1) is 0 Å². The molecule has 0 bridgehead atoms. The molecule has 11 heavy (non-hydrogen) atoms. The highest BCUT2D eigenvalue weighted by Gasteiger charge is 2.09. The monoisotopic (exact) mass is 150 g/mol. The summed E-state index contributed by atoms with van der Waals surface area (Å²) >= 11 is 0. The number of hydrogen-bond donors (Lipinski definition) is 0. The Hall–Kier alpha value is -0.850. The van der Waals surface area contributed by atoms with E-state index in [1.54, 1.807) is 6.08 Å². The van der Waals surface area contributed by atoms with Gasteiger partial charge in [-0.2, -0.15) is 0 Å². The van der Waals surface area contributed by atoms with Gasteiger partial charge in [-0.1, -0.05) is 26.0 Å². The Balaban J connectivity index is 2.72. The zero-order valence-corrected chi connectivity index (χ0v) is 7.13. The molecule has 60 valence electrons. The topological polar surface area (TPSA) is 17.1 Å². The first-order valence-corrected chi connectivity index (χ1v) is 4.11. The number of rotatable bonds is 1. The summed E-state index contributed by atoms with van der Waals surface area (Å²) in [7, 11) is 0. The Morgan fingerprint density at radius 1 is 1.55 bits per heavy atom. The van der Waals surface area contributed by atoms with Gasteiger partial charge in [-0.3, -0.25) is 4.79 Å². The number of carbonyl (C=O) groups is 1. The largest absolute Gasteiger partial charge is 0.290 e. The first-order valence-electron chi connectivity index (χ1n) is 4.11. The molecule has 0 aromatic heterocycles. The fourth-order valence-electron chi connectivity index (χ4n) is 1.23. The smallest absolute Gasteiger partial charge is 0.181 e. The molecule has 1 aliphatic carbocycles. The first kappa shape index (κ1) is 8.25. The van der Waals surface area contributed by atoms with Crippen molar-refractivity contribution in [2.75, 3.05) is 0 Å². The van der Waals surface area contributed by atoms with Crippen LogP contribution in [0.2, 0.25) is 0 Å². The van der Waals surface area contributed by atoms with Crippen molar-refractivity contribution in [2.45, 2.75) is 26.7 Å². The molecule has 1 heteroatoms. The zero-order chi connectivity index (χ0) is 8.27. The maximum atomic E-state index is 11.2. The Morgan fingerprint density at radius 2 is 2.27 bits per heavy atom. The Morgan fingerprint density at radius 3 is 2.82 bits per heavy atom. The molecule has 1 nitrogen and oxygen atoms in total. The van der Waals surface area contributed by atoms with Crippen LogP contribution >= 0.6 is 0 Å². The van der Waals surface area contributed by atoms with Crippen LogP contribution in [0.3, 0.4) is 0 Å². The molecular formula is C10H14O. The van der Waals surface area contributed by atoms with E-state index in [9.17, 15) is 4.79 Å². The van der Waals surface area contributed by atoms with Crippen LogP contribution in [0.4, 0.5) is 0 Å². The molecule has 0 aromatic rings. The lowest BCUT2D eigenvalue weighted by Crippen LogP contribution is -2.04. The second-order valence-corrected chi connectivity index (χ2v) is 3.24. The maximum Gasteiger partial charge on any atom is 0.181 e. The molecule has 0 saturated heterocycles. The Labute approximate surface area is 67.8 Å². The lowest BCUT2D eigenvalue weighted by atomic mass is 9.97. The third-order valence-electron chi connectivity index (χ3n) is 1.70. The van der Waals surface area contributed by atoms with Gasteiger partial charge in [-0.05, 0) is 30.4 Å². The lowest BCUT2D eigenvalue weighted by Gasteiger charge is -2.07. The van der Waals surface area contributed by atoms with Crippen molar-refractivity contribution in [2.24, 2.45) is 5.92 Å². The maximum absolute atomic E-state index is 11.2. The second kappa shape index (κ2) is 3.51. The van der Waals surface area contributed by atoms with Crippen molar-refractivity contribution in [3.8, 4) is 0 Å². The van der Waals surface area contributed by atoms with Crippen molar-refractivity contribution in [3.05, 3.63) is 23.8 Å². The van der Waals surface area contributed by atoms with Gasteiger partial charge in [0, 0.05) is 0 Å². The van der Waals surface area contributed by atoms with Crippen LogP contribution in [0.1, 0.15) is 26.7 Å². The van der Waals surface area contributed by atoms with Crippen LogP contribution in [0.5, 0.6) is 0 Å². The number of carbonyl (C=O) groups excluding carboxylic acids is 1. The van der Waals surface area contributed by atoms with E-state index in [-0.39, 0.29) is 5.78 Å². The summed E-state index contributed by atoms with van der Waals surface area (Å²) in [5.41, 5.74) is 0.988. The standard InChI is InChI=1S/C10H14O/c1-8(2)7-9-5-3-4-6-10(9)11/h4,6-8H,3,5H2,1-2H3. The fraction of sp³-hybridized carbons (Fsp3) is 0.500. The quantitative estimate of drug-likeness (QED) is 0.525. The summed E-state index contributed by atoms with van der Waals surface area (Å²) in [6.07, 6.45) is 7.63. The molecule has 1 aliphatic rings. The Kier molecular flexibility index (Phi) is 2.64. The van der Waals surface area contributed by atoms with E-state index < -0.39 is 0 Å². The molecule has 0 unspecified atom stereocenters. The third-order valence-corrected chi connectivity index (χ3v) is 1.70. The van der Waals surface area contributed by atoms with Crippen LogP contribution in [-0.4, -0.2) is 5.78 Å². The minimum Gasteiger partial charge on any atom is -0.290 e. The van der Waals surface area contributed by atoms with Gasteiger partial charge in [0.2, 0.25) is 0 Å². The average Bonchev–Trinajstić information content (AvgIpc) is 1.93. The van der Waals surface area contributed by atoms with Gasteiger partial charge in [0.15, 0.2) is 5.78 Å². The highest BCUT2D eigenvalue weighted by molar-refractivity contribution is 6.04. The Bertz CT molecular complexity index is 209. The summed E-state index contributed by atoms with van der Waals surface area (Å²) in [5.74, 6) is 0.686. The van der Waals surface area contributed by atoms with Crippen molar-refractivity contribution < 1.29 is 4.79 Å². The van der Waals surface area contributed by atoms with Gasteiger partial charge >= 0.3 is 0 Å². The van der Waals surface area contributed by atoms with E-state index in [4.69, 9.17) is 0 Å². The molecule has 0 saturated carbocycles. The first-order chi connectivity index (χ1) is 5.20. The summed E-state index contributed by atoms with van der Waals surface area (Å²) in [6, 6.07) is 0. The summed E-state index contributed by atoms with van der Waals surface area (Å²) in [5, 5.41) is 0. The average molecular weight is 150 g/mol. The van der Waals surface area contributed by atoms with Crippen LogP contribution < -0.4 is 0 Å². The van der Waals surface area contributed by atoms with E-state index >= 15 is 0 Å². The molecular weight excluding hydrogens is 136 g/mol. The van der Waals surface area contributed by atoms with E-state index in [2.05, 4.69) is 19.9 Å². The summed E-state index contributed by atoms with van der Waals surface area (Å²) in [6.45, 7) is 4.19. The van der Waals surface area contributed by atoms with Crippen LogP contribution in [-0.2, 0) is 4.79 Å². The number of hydrogen-bond acceptors (Lipinski definition) is 1. The van der Waals surface area contributed by atoms with Crippen LogP contribution in [0.25, 0.3) is 0 Å². The van der Waals surface area contributed by atoms with Gasteiger partial charge in [0.25, 0.3) is 0 Å². The predicted molar refractivity (Wildman–Crippen MR) is 46.3 cm³/mol. The van der Waals surface area contributed by atoms with Crippen molar-refractivity contribution in [1.82, 2.24) is 0 Å². The van der Waals surface area contributed by atoms with Crippen LogP contribution in [0.15, 0.2) is 23.8 Å². The van der Waals surface area contributed by atoms with Gasteiger partial charge in [-0.25, -0.2) is 0 Å². The number of ketones is 1. The fourth-order valence-corrected chi connectivity index (χ4v) is 1.23. The van der Waals surface area contributed by atoms with Crippen molar-refractivity contribution in [3.63, 3.8) is 0 Å². The van der Waals surface area contributed by atoms with Crippen LogP contribution in [0, 0.1) is 5.92 Å². The molecule has 0 radical (unpaired) electrons. The summed E-state index contributed by atoms with van der Waals surface area (Å²) < 4.78 is 0. The highest BCUT2D eigenvalue weighted by Crippen LogP contribution is 2.15. The van der Waals surface area contributed by atoms with Gasteiger partial charge < -0.3 is 0 Å². The molecule has 0 heterocycles. The number of allylic oxidation sites excluding steroid dienone is 4. The summed E-state index contributed by atoms with van der Waals surface area (Å²) in [4.78, 5) is 11.2. The molecule has 0 fully saturated rings. The third kappa shape index (κ3) is 2.34. The van der Waals surface area contributed by atoms with Crippen molar-refractivity contribution >= 4 is 5.78 Å².